The van der Waals surface area contributed by atoms with Gasteiger partial charge in [-0.05, 0) is 12.1 Å². The summed E-state index contributed by atoms with van der Waals surface area (Å²) in [6, 6.07) is 10.6. The highest BCUT2D eigenvalue weighted by atomic mass is 16.6. The zero-order valence-electron chi connectivity index (χ0n) is 8.75. The third-order valence-corrected chi connectivity index (χ3v) is 2.00. The largest absolute Gasteiger partial charge is 0.418 e. The van der Waals surface area contributed by atoms with E-state index in [-0.39, 0.29) is 0 Å². The quantitative estimate of drug-likeness (QED) is 0.837. The van der Waals surface area contributed by atoms with Gasteiger partial charge in [-0.25, -0.2) is 4.79 Å². The van der Waals surface area contributed by atoms with Gasteiger partial charge < -0.3 is 4.74 Å². The summed E-state index contributed by atoms with van der Waals surface area (Å²) < 4.78 is 6.60. The van der Waals surface area contributed by atoms with Crippen molar-refractivity contribution < 1.29 is 9.53 Å². The maximum absolute atomic E-state index is 11.5. The topological polar surface area (TPSA) is 56.2 Å². The van der Waals surface area contributed by atoms with Gasteiger partial charge in [0.2, 0.25) is 0 Å². The minimum absolute atomic E-state index is 0.502. The van der Waals surface area contributed by atoms with Crippen molar-refractivity contribution in [2.75, 3.05) is 5.32 Å². The lowest BCUT2D eigenvalue weighted by Crippen LogP contribution is -2.18. The summed E-state index contributed by atoms with van der Waals surface area (Å²) in [5.41, 5.74) is 0. The monoisotopic (exact) mass is 217 g/mol. The van der Waals surface area contributed by atoms with Crippen molar-refractivity contribution in [3.05, 3.63) is 42.6 Å². The number of nitrogens with zero attached hydrogens (tertiary/aromatic N) is 2. The standard InChI is InChI=1S/C11H11N3O2/c1-14-10(7-8-12-14)13-11(15)16-9-5-3-2-4-6-9/h2-8H,1H3,(H,13,15). The predicted octanol–water partition coefficient (Wildman–Crippen LogP) is 2.03. The van der Waals surface area contributed by atoms with Crippen molar-refractivity contribution >= 4 is 11.9 Å². The summed E-state index contributed by atoms with van der Waals surface area (Å²) in [7, 11) is 1.73. The maximum Gasteiger partial charge on any atom is 0.418 e. The molecule has 0 aliphatic carbocycles. The summed E-state index contributed by atoms with van der Waals surface area (Å²) in [6.45, 7) is 0. The first-order chi connectivity index (χ1) is 7.75. The molecule has 1 heterocycles. The van der Waals surface area contributed by atoms with E-state index in [9.17, 15) is 4.79 Å². The highest BCUT2D eigenvalue weighted by molar-refractivity contribution is 5.85. The molecule has 0 aliphatic heterocycles. The van der Waals surface area contributed by atoms with Gasteiger partial charge in [-0.1, -0.05) is 18.2 Å². The number of anilines is 1. The molecule has 0 spiro atoms. The van der Waals surface area contributed by atoms with Crippen LogP contribution in [0, 0.1) is 0 Å². The van der Waals surface area contributed by atoms with Crippen molar-refractivity contribution in [2.24, 2.45) is 7.05 Å². The van der Waals surface area contributed by atoms with Gasteiger partial charge >= 0.3 is 6.09 Å². The van der Waals surface area contributed by atoms with Crippen LogP contribution in [0.5, 0.6) is 5.75 Å². The molecule has 1 amide bonds. The number of para-hydroxylation sites is 1. The SMILES string of the molecule is Cn1nccc1NC(=O)Oc1ccccc1. The molecule has 0 atom stereocenters. The molecule has 5 nitrogen and oxygen atoms in total. The molecule has 0 radical (unpaired) electrons. The highest BCUT2D eigenvalue weighted by Gasteiger charge is 2.06. The van der Waals surface area contributed by atoms with Crippen LogP contribution in [0.2, 0.25) is 0 Å². The molecule has 82 valence electrons. The second-order valence-electron chi connectivity index (χ2n) is 3.17. The summed E-state index contributed by atoms with van der Waals surface area (Å²) in [5, 5.41) is 6.50. The Kier molecular flexibility index (Phi) is 2.86. The van der Waals surface area contributed by atoms with Gasteiger partial charge in [-0.2, -0.15) is 5.10 Å². The number of aryl methyl sites for hydroxylation is 1. The van der Waals surface area contributed by atoms with Crippen LogP contribution in [0.15, 0.2) is 42.6 Å². The van der Waals surface area contributed by atoms with Crippen LogP contribution in [0.25, 0.3) is 0 Å². The normalized spacial score (nSPS) is 9.81. The van der Waals surface area contributed by atoms with Gasteiger partial charge in [0.25, 0.3) is 0 Å². The van der Waals surface area contributed by atoms with Crippen LogP contribution in [0.3, 0.4) is 0 Å². The molecular formula is C11H11N3O2. The molecule has 1 aromatic carbocycles. The third kappa shape index (κ3) is 2.38. The number of hydrogen-bond donors (Lipinski definition) is 1. The number of nitrogens with one attached hydrogen (secondary N) is 1. The maximum atomic E-state index is 11.5. The molecule has 1 N–H and O–H groups in total. The Hall–Kier alpha value is -2.30. The Morgan fingerprint density at radius 2 is 2.06 bits per heavy atom. The number of hydrogen-bond acceptors (Lipinski definition) is 3. The van der Waals surface area contributed by atoms with E-state index in [4.69, 9.17) is 4.74 Å². The van der Waals surface area contributed by atoms with Crippen LogP contribution in [0.1, 0.15) is 0 Å². The molecular weight excluding hydrogens is 206 g/mol. The third-order valence-electron chi connectivity index (χ3n) is 2.00. The molecule has 16 heavy (non-hydrogen) atoms. The second-order valence-corrected chi connectivity index (χ2v) is 3.17. The molecule has 0 bridgehead atoms. The zero-order valence-corrected chi connectivity index (χ0v) is 8.75. The number of carbonyl (C=O) groups is 1. The Labute approximate surface area is 92.7 Å². The van der Waals surface area contributed by atoms with Crippen LogP contribution in [0.4, 0.5) is 10.6 Å². The van der Waals surface area contributed by atoms with Crippen molar-refractivity contribution in [1.29, 1.82) is 0 Å². The molecule has 0 fully saturated rings. The molecule has 0 unspecified atom stereocenters. The van der Waals surface area contributed by atoms with Crippen molar-refractivity contribution in [3.8, 4) is 5.75 Å². The minimum atomic E-state index is -0.533. The highest BCUT2D eigenvalue weighted by Crippen LogP contribution is 2.10. The van der Waals surface area contributed by atoms with Crippen molar-refractivity contribution in [2.45, 2.75) is 0 Å². The molecule has 0 saturated carbocycles. The van der Waals surface area contributed by atoms with E-state index >= 15 is 0 Å². The van der Waals surface area contributed by atoms with E-state index in [1.54, 1.807) is 48.3 Å². The lowest BCUT2D eigenvalue weighted by Gasteiger charge is -2.05. The first-order valence-corrected chi connectivity index (χ1v) is 4.77. The minimum Gasteiger partial charge on any atom is -0.410 e. The summed E-state index contributed by atoms with van der Waals surface area (Å²) >= 11 is 0. The van der Waals surface area contributed by atoms with Gasteiger partial charge in [0, 0.05) is 13.1 Å². The fourth-order valence-electron chi connectivity index (χ4n) is 1.22. The second kappa shape index (κ2) is 4.48. The van der Waals surface area contributed by atoms with Gasteiger partial charge in [0.15, 0.2) is 0 Å². The molecule has 0 saturated heterocycles. The number of aromatic nitrogens is 2. The van der Waals surface area contributed by atoms with E-state index < -0.39 is 6.09 Å². The molecule has 2 rings (SSSR count). The molecule has 1 aromatic heterocycles. The fraction of sp³-hybridized carbons (Fsp3) is 0.0909. The summed E-state index contributed by atoms with van der Waals surface area (Å²) in [4.78, 5) is 11.5. The number of ether oxygens (including phenoxy) is 1. The average Bonchev–Trinajstić information content (AvgIpc) is 2.66. The van der Waals surface area contributed by atoms with E-state index in [1.165, 1.54) is 0 Å². The Morgan fingerprint density at radius 3 is 2.69 bits per heavy atom. The van der Waals surface area contributed by atoms with Crippen molar-refractivity contribution in [3.63, 3.8) is 0 Å². The Bertz CT molecular complexity index is 479. The number of benzene rings is 1. The molecule has 5 heteroatoms. The van der Waals surface area contributed by atoms with Crippen LogP contribution < -0.4 is 10.1 Å². The smallest absolute Gasteiger partial charge is 0.410 e. The fourth-order valence-corrected chi connectivity index (χ4v) is 1.22. The zero-order chi connectivity index (χ0) is 11.4. The average molecular weight is 217 g/mol. The van der Waals surface area contributed by atoms with E-state index in [1.807, 2.05) is 6.07 Å². The number of carbonyl (C=O) groups excluding carboxylic acids is 1. The van der Waals surface area contributed by atoms with E-state index in [0.29, 0.717) is 11.6 Å². The first kappa shape index (κ1) is 10.2. The van der Waals surface area contributed by atoms with Gasteiger partial charge in [-0.3, -0.25) is 10.00 Å². The lowest BCUT2D eigenvalue weighted by molar-refractivity contribution is 0.215. The summed E-state index contributed by atoms with van der Waals surface area (Å²) in [5.74, 6) is 1.09. The number of amides is 1. The molecule has 0 aliphatic rings. The van der Waals surface area contributed by atoms with E-state index in [0.717, 1.165) is 0 Å². The van der Waals surface area contributed by atoms with Gasteiger partial charge in [0.1, 0.15) is 11.6 Å². The van der Waals surface area contributed by atoms with E-state index in [2.05, 4.69) is 10.4 Å². The molecule has 2 aromatic rings. The lowest BCUT2D eigenvalue weighted by atomic mass is 10.3. The number of rotatable bonds is 2. The Balaban J connectivity index is 1.98. The summed E-state index contributed by atoms with van der Waals surface area (Å²) in [6.07, 6.45) is 1.06. The Morgan fingerprint density at radius 1 is 1.31 bits per heavy atom. The van der Waals surface area contributed by atoms with Crippen LogP contribution >= 0.6 is 0 Å². The first-order valence-electron chi connectivity index (χ1n) is 4.77. The predicted molar refractivity (Wildman–Crippen MR) is 59.3 cm³/mol. The van der Waals surface area contributed by atoms with Crippen molar-refractivity contribution in [1.82, 2.24) is 9.78 Å². The van der Waals surface area contributed by atoms with Crippen LogP contribution in [-0.2, 0) is 7.05 Å². The van der Waals surface area contributed by atoms with Gasteiger partial charge in [0.05, 0.1) is 6.20 Å². The van der Waals surface area contributed by atoms with Crippen LogP contribution in [-0.4, -0.2) is 15.9 Å². The van der Waals surface area contributed by atoms with Gasteiger partial charge in [-0.15, -0.1) is 0 Å².